The van der Waals surface area contributed by atoms with Crippen molar-refractivity contribution in [3.8, 4) is 0 Å². The van der Waals surface area contributed by atoms with Crippen molar-refractivity contribution in [3.63, 3.8) is 0 Å². The molecule has 6 heteroatoms. The van der Waals surface area contributed by atoms with E-state index in [1.807, 2.05) is 31.2 Å². The molecule has 0 bridgehead atoms. The second kappa shape index (κ2) is 5.05. The van der Waals surface area contributed by atoms with Crippen molar-refractivity contribution in [2.45, 2.75) is 19.6 Å². The molecule has 0 fully saturated rings. The number of benzene rings is 2. The fourth-order valence-electron chi connectivity index (χ4n) is 2.37. The van der Waals surface area contributed by atoms with Crippen LogP contribution in [0.1, 0.15) is 16.7 Å². The van der Waals surface area contributed by atoms with Gasteiger partial charge < -0.3 is 10.3 Å². The molecule has 0 saturated heterocycles. The number of alkyl halides is 3. The van der Waals surface area contributed by atoms with Crippen molar-refractivity contribution in [3.05, 3.63) is 59.2 Å². The summed E-state index contributed by atoms with van der Waals surface area (Å²) in [4.78, 5) is 4.04. The largest absolute Gasteiger partial charge is 0.416 e. The quantitative estimate of drug-likeness (QED) is 0.778. The molecular formula is C16H14F3N3. The summed E-state index contributed by atoms with van der Waals surface area (Å²) in [6.07, 6.45) is -4.39. The standard InChI is InChI=1S/C16H14F3N3/c1-10-2-4-11(5-3-10)9-22-14-7-6-12(16(17,18)19)8-13(14)21-15(22)20/h2-8H,9H2,1H3,(H2,20,21). The van der Waals surface area contributed by atoms with Crippen LogP contribution >= 0.6 is 0 Å². The van der Waals surface area contributed by atoms with Crippen LogP contribution in [0.15, 0.2) is 42.5 Å². The Hall–Kier alpha value is -2.50. The van der Waals surface area contributed by atoms with Gasteiger partial charge in [0.25, 0.3) is 0 Å². The Bertz CT molecular complexity index is 817. The Kier molecular flexibility index (Phi) is 3.31. The van der Waals surface area contributed by atoms with Gasteiger partial charge in [-0.15, -0.1) is 0 Å². The Balaban J connectivity index is 2.03. The molecule has 0 aliphatic rings. The van der Waals surface area contributed by atoms with E-state index in [1.165, 1.54) is 6.07 Å². The molecule has 0 unspecified atom stereocenters. The molecule has 2 N–H and O–H groups in total. The smallest absolute Gasteiger partial charge is 0.369 e. The summed E-state index contributed by atoms with van der Waals surface area (Å²) in [6.45, 7) is 2.46. The molecular weight excluding hydrogens is 291 g/mol. The van der Waals surface area contributed by atoms with Gasteiger partial charge >= 0.3 is 6.18 Å². The zero-order chi connectivity index (χ0) is 15.9. The Labute approximate surface area is 125 Å². The molecule has 1 aromatic heterocycles. The molecule has 0 atom stereocenters. The molecule has 3 rings (SSSR count). The highest BCUT2D eigenvalue weighted by molar-refractivity contribution is 5.79. The van der Waals surface area contributed by atoms with Gasteiger partial charge in [-0.05, 0) is 30.7 Å². The number of imidazole rings is 1. The first-order chi connectivity index (χ1) is 10.3. The summed E-state index contributed by atoms with van der Waals surface area (Å²) >= 11 is 0. The lowest BCUT2D eigenvalue weighted by Crippen LogP contribution is -2.05. The monoisotopic (exact) mass is 305 g/mol. The number of nitrogen functional groups attached to an aromatic ring is 1. The fraction of sp³-hybridized carbons (Fsp3) is 0.188. The molecule has 3 nitrogen and oxygen atoms in total. The first-order valence-corrected chi connectivity index (χ1v) is 6.73. The predicted octanol–water partition coefficient (Wildman–Crippen LogP) is 3.99. The second-order valence-electron chi connectivity index (χ2n) is 5.24. The number of nitrogens with two attached hydrogens (primary N) is 1. The first kappa shape index (κ1) is 14.4. The zero-order valence-electron chi connectivity index (χ0n) is 11.9. The summed E-state index contributed by atoms with van der Waals surface area (Å²) in [5.74, 6) is 0.204. The summed E-state index contributed by atoms with van der Waals surface area (Å²) in [5, 5.41) is 0. The lowest BCUT2D eigenvalue weighted by molar-refractivity contribution is -0.137. The number of fused-ring (bicyclic) bond motifs is 1. The van der Waals surface area contributed by atoms with Crippen LogP contribution in [-0.2, 0) is 12.7 Å². The lowest BCUT2D eigenvalue weighted by atomic mass is 10.1. The van der Waals surface area contributed by atoms with Crippen LogP contribution in [0.3, 0.4) is 0 Å². The molecule has 0 aliphatic heterocycles. The number of rotatable bonds is 2. The highest BCUT2D eigenvalue weighted by atomic mass is 19.4. The molecule has 22 heavy (non-hydrogen) atoms. The van der Waals surface area contributed by atoms with Gasteiger partial charge in [-0.25, -0.2) is 4.98 Å². The summed E-state index contributed by atoms with van der Waals surface area (Å²) < 4.78 is 39.9. The second-order valence-corrected chi connectivity index (χ2v) is 5.24. The van der Waals surface area contributed by atoms with Gasteiger partial charge in [0, 0.05) is 0 Å². The molecule has 3 aromatic rings. The van der Waals surface area contributed by atoms with Crippen LogP contribution in [0.2, 0.25) is 0 Å². The molecule has 0 saturated carbocycles. The zero-order valence-corrected chi connectivity index (χ0v) is 11.9. The Morgan fingerprint density at radius 3 is 2.41 bits per heavy atom. The maximum atomic E-state index is 12.7. The molecule has 114 valence electrons. The van der Waals surface area contributed by atoms with E-state index in [4.69, 9.17) is 5.73 Å². The van der Waals surface area contributed by atoms with Gasteiger partial charge in [0.2, 0.25) is 5.95 Å². The van der Waals surface area contributed by atoms with Crippen molar-refractivity contribution >= 4 is 17.0 Å². The Morgan fingerprint density at radius 2 is 1.77 bits per heavy atom. The van der Waals surface area contributed by atoms with E-state index in [1.54, 1.807) is 4.57 Å². The molecule has 2 aromatic carbocycles. The topological polar surface area (TPSA) is 43.8 Å². The van der Waals surface area contributed by atoms with Gasteiger partial charge in [-0.2, -0.15) is 13.2 Å². The minimum Gasteiger partial charge on any atom is -0.369 e. The average Bonchev–Trinajstić information content (AvgIpc) is 2.76. The van der Waals surface area contributed by atoms with Crippen LogP contribution in [0.25, 0.3) is 11.0 Å². The van der Waals surface area contributed by atoms with Crippen LogP contribution in [0.5, 0.6) is 0 Å². The van der Waals surface area contributed by atoms with Gasteiger partial charge in [0.1, 0.15) is 0 Å². The van der Waals surface area contributed by atoms with E-state index in [0.717, 1.165) is 23.3 Å². The van der Waals surface area contributed by atoms with E-state index < -0.39 is 11.7 Å². The maximum absolute atomic E-state index is 12.7. The molecule has 0 aliphatic carbocycles. The lowest BCUT2D eigenvalue weighted by Gasteiger charge is -2.08. The molecule has 1 heterocycles. The van der Waals surface area contributed by atoms with Crippen molar-refractivity contribution in [2.24, 2.45) is 0 Å². The number of anilines is 1. The van der Waals surface area contributed by atoms with E-state index in [9.17, 15) is 13.2 Å². The SMILES string of the molecule is Cc1ccc(Cn2c(N)nc3cc(C(F)(F)F)ccc32)cc1. The number of halogens is 3. The molecule has 0 amide bonds. The molecule has 0 radical (unpaired) electrons. The van der Waals surface area contributed by atoms with Crippen LogP contribution in [0, 0.1) is 6.92 Å². The third kappa shape index (κ3) is 2.64. The maximum Gasteiger partial charge on any atom is 0.416 e. The van der Waals surface area contributed by atoms with E-state index >= 15 is 0 Å². The number of aryl methyl sites for hydroxylation is 1. The highest BCUT2D eigenvalue weighted by Gasteiger charge is 2.31. The predicted molar refractivity (Wildman–Crippen MR) is 79.4 cm³/mol. The number of nitrogens with zero attached hydrogens (tertiary/aromatic N) is 2. The van der Waals surface area contributed by atoms with Crippen LogP contribution in [-0.4, -0.2) is 9.55 Å². The van der Waals surface area contributed by atoms with Crippen LogP contribution in [0.4, 0.5) is 19.1 Å². The number of hydrogen-bond acceptors (Lipinski definition) is 2. The number of aromatic nitrogens is 2. The minimum absolute atomic E-state index is 0.204. The summed E-state index contributed by atoms with van der Waals surface area (Å²) in [5.41, 5.74) is 8.13. The van der Waals surface area contributed by atoms with Crippen molar-refractivity contribution in [1.29, 1.82) is 0 Å². The van der Waals surface area contributed by atoms with E-state index in [2.05, 4.69) is 4.98 Å². The van der Waals surface area contributed by atoms with Gasteiger partial charge in [0.05, 0.1) is 23.1 Å². The Morgan fingerprint density at radius 1 is 1.09 bits per heavy atom. The third-order valence-corrected chi connectivity index (χ3v) is 3.57. The van der Waals surface area contributed by atoms with Crippen LogP contribution < -0.4 is 5.73 Å². The first-order valence-electron chi connectivity index (χ1n) is 6.73. The fourth-order valence-corrected chi connectivity index (χ4v) is 2.37. The third-order valence-electron chi connectivity index (χ3n) is 3.57. The normalized spacial score (nSPS) is 12.0. The van der Waals surface area contributed by atoms with Gasteiger partial charge in [0.15, 0.2) is 0 Å². The summed E-state index contributed by atoms with van der Waals surface area (Å²) in [6, 6.07) is 11.4. The van der Waals surface area contributed by atoms with Gasteiger partial charge in [-0.3, -0.25) is 0 Å². The van der Waals surface area contributed by atoms with E-state index in [-0.39, 0.29) is 11.5 Å². The number of hydrogen-bond donors (Lipinski definition) is 1. The average molecular weight is 305 g/mol. The molecule has 0 spiro atoms. The van der Waals surface area contributed by atoms with Crippen molar-refractivity contribution < 1.29 is 13.2 Å². The van der Waals surface area contributed by atoms with Gasteiger partial charge in [-0.1, -0.05) is 29.8 Å². The summed E-state index contributed by atoms with van der Waals surface area (Å²) in [7, 11) is 0. The van der Waals surface area contributed by atoms with Crippen molar-refractivity contribution in [2.75, 3.05) is 5.73 Å². The highest BCUT2D eigenvalue weighted by Crippen LogP contribution is 2.32. The van der Waals surface area contributed by atoms with Crippen molar-refractivity contribution in [1.82, 2.24) is 9.55 Å². The minimum atomic E-state index is -4.39. The van der Waals surface area contributed by atoms with E-state index in [0.29, 0.717) is 12.1 Å².